The van der Waals surface area contributed by atoms with Crippen molar-refractivity contribution in [3.8, 4) is 0 Å². The van der Waals surface area contributed by atoms with Crippen molar-refractivity contribution in [3.63, 3.8) is 0 Å². The van der Waals surface area contributed by atoms with E-state index in [1.807, 2.05) is 25.1 Å². The first-order chi connectivity index (χ1) is 13.5. The van der Waals surface area contributed by atoms with E-state index in [0.717, 1.165) is 30.0 Å². The fourth-order valence-corrected chi connectivity index (χ4v) is 4.60. The third kappa shape index (κ3) is 3.21. The van der Waals surface area contributed by atoms with Crippen molar-refractivity contribution < 1.29 is 14.4 Å². The largest absolute Gasteiger partial charge is 0.353 e. The number of imide groups is 1. The quantitative estimate of drug-likeness (QED) is 0.791. The number of aromatic nitrogens is 1. The van der Waals surface area contributed by atoms with Gasteiger partial charge in [-0.05, 0) is 30.9 Å². The first kappa shape index (κ1) is 18.7. The smallest absolute Gasteiger partial charge is 0.325 e. The molecular weight excluding hydrogens is 358 g/mol. The van der Waals surface area contributed by atoms with E-state index in [1.165, 1.54) is 0 Å². The molecular formula is C20H27N5O3. The van der Waals surface area contributed by atoms with Gasteiger partial charge >= 0.3 is 6.03 Å². The zero-order chi connectivity index (χ0) is 19.7. The molecule has 1 aromatic rings. The number of hydrogen-bond donors (Lipinski definition) is 1. The SMILES string of the molecule is CC1CCCCC12NC(=O)N(CC(=O)N1CCN(c3ccccn3)CC1)C2=O. The number of carbonyl (C=O) groups excluding carboxylic acids is 3. The van der Waals surface area contributed by atoms with Gasteiger partial charge in [0.15, 0.2) is 0 Å². The summed E-state index contributed by atoms with van der Waals surface area (Å²) in [6, 6.07) is 5.34. The summed E-state index contributed by atoms with van der Waals surface area (Å²) >= 11 is 0. The molecule has 150 valence electrons. The van der Waals surface area contributed by atoms with Gasteiger partial charge in [-0.3, -0.25) is 14.5 Å². The number of pyridine rings is 1. The molecule has 0 bridgehead atoms. The number of urea groups is 1. The summed E-state index contributed by atoms with van der Waals surface area (Å²) in [6.45, 7) is 4.32. The Morgan fingerprint density at radius 1 is 1.21 bits per heavy atom. The summed E-state index contributed by atoms with van der Waals surface area (Å²) in [6.07, 6.45) is 5.33. The minimum atomic E-state index is -0.812. The van der Waals surface area contributed by atoms with E-state index < -0.39 is 11.6 Å². The van der Waals surface area contributed by atoms with Crippen LogP contribution in [0.2, 0.25) is 0 Å². The average molecular weight is 385 g/mol. The second kappa shape index (κ2) is 7.41. The number of anilines is 1. The van der Waals surface area contributed by atoms with Crippen LogP contribution in [0.4, 0.5) is 10.6 Å². The maximum atomic E-state index is 13.0. The Hall–Kier alpha value is -2.64. The van der Waals surface area contributed by atoms with Crippen LogP contribution in [-0.4, -0.2) is 70.9 Å². The predicted molar refractivity (Wildman–Crippen MR) is 104 cm³/mol. The van der Waals surface area contributed by atoms with E-state index in [9.17, 15) is 14.4 Å². The predicted octanol–water partition coefficient (Wildman–Crippen LogP) is 1.23. The maximum absolute atomic E-state index is 13.0. The summed E-state index contributed by atoms with van der Waals surface area (Å²) < 4.78 is 0. The topological polar surface area (TPSA) is 85.8 Å². The molecule has 3 aliphatic rings. The lowest BCUT2D eigenvalue weighted by molar-refractivity contribution is -0.140. The Balaban J connectivity index is 1.36. The Morgan fingerprint density at radius 2 is 2.00 bits per heavy atom. The Labute approximate surface area is 164 Å². The molecule has 1 aliphatic carbocycles. The van der Waals surface area contributed by atoms with Crippen molar-refractivity contribution in [2.75, 3.05) is 37.6 Å². The number of carbonyl (C=O) groups is 3. The van der Waals surface area contributed by atoms with Crippen molar-refractivity contribution in [2.24, 2.45) is 5.92 Å². The zero-order valence-corrected chi connectivity index (χ0v) is 16.3. The lowest BCUT2D eigenvalue weighted by Gasteiger charge is -2.37. The molecule has 2 atom stereocenters. The van der Waals surface area contributed by atoms with Crippen LogP contribution in [0.15, 0.2) is 24.4 Å². The van der Waals surface area contributed by atoms with E-state index in [4.69, 9.17) is 0 Å². The minimum absolute atomic E-state index is 0.0970. The molecule has 1 saturated carbocycles. The maximum Gasteiger partial charge on any atom is 0.325 e. The third-order valence-corrected chi connectivity index (χ3v) is 6.40. The van der Waals surface area contributed by atoms with E-state index in [0.29, 0.717) is 32.6 Å². The molecule has 3 fully saturated rings. The average Bonchev–Trinajstić information content (AvgIpc) is 2.96. The molecule has 1 aromatic heterocycles. The molecule has 2 aliphatic heterocycles. The fraction of sp³-hybridized carbons (Fsp3) is 0.600. The van der Waals surface area contributed by atoms with E-state index >= 15 is 0 Å². The van der Waals surface area contributed by atoms with Crippen molar-refractivity contribution in [1.29, 1.82) is 0 Å². The Morgan fingerprint density at radius 3 is 2.68 bits per heavy atom. The van der Waals surface area contributed by atoms with Gasteiger partial charge in [0.1, 0.15) is 17.9 Å². The van der Waals surface area contributed by atoms with Gasteiger partial charge in [-0.2, -0.15) is 0 Å². The highest BCUT2D eigenvalue weighted by Gasteiger charge is 2.55. The van der Waals surface area contributed by atoms with Crippen LogP contribution >= 0.6 is 0 Å². The van der Waals surface area contributed by atoms with E-state index in [1.54, 1.807) is 11.1 Å². The molecule has 0 radical (unpaired) electrons. The molecule has 8 nitrogen and oxygen atoms in total. The number of nitrogens with zero attached hydrogens (tertiary/aromatic N) is 4. The second-order valence-electron chi connectivity index (χ2n) is 8.00. The van der Waals surface area contributed by atoms with Gasteiger partial charge in [-0.25, -0.2) is 9.78 Å². The normalized spacial score (nSPS) is 28.0. The lowest BCUT2D eigenvalue weighted by atomic mass is 9.73. The Kier molecular flexibility index (Phi) is 4.95. The molecule has 8 heteroatoms. The lowest BCUT2D eigenvalue weighted by Crippen LogP contribution is -2.55. The number of rotatable bonds is 3. The molecule has 28 heavy (non-hydrogen) atoms. The van der Waals surface area contributed by atoms with Gasteiger partial charge in [0.05, 0.1) is 0 Å². The van der Waals surface area contributed by atoms with Gasteiger partial charge in [0.2, 0.25) is 5.91 Å². The van der Waals surface area contributed by atoms with Crippen LogP contribution < -0.4 is 10.2 Å². The summed E-state index contributed by atoms with van der Waals surface area (Å²) in [5.41, 5.74) is -0.812. The molecule has 2 saturated heterocycles. The zero-order valence-electron chi connectivity index (χ0n) is 16.3. The minimum Gasteiger partial charge on any atom is -0.353 e. The molecule has 4 amide bonds. The highest BCUT2D eigenvalue weighted by Crippen LogP contribution is 2.38. The van der Waals surface area contributed by atoms with Crippen molar-refractivity contribution in [1.82, 2.24) is 20.1 Å². The van der Waals surface area contributed by atoms with Crippen LogP contribution in [0, 0.1) is 5.92 Å². The molecule has 1 N–H and O–H groups in total. The number of nitrogens with one attached hydrogen (secondary N) is 1. The number of hydrogen-bond acceptors (Lipinski definition) is 5. The Bertz CT molecular complexity index is 762. The van der Waals surface area contributed by atoms with Gasteiger partial charge in [-0.15, -0.1) is 0 Å². The standard InChI is InChI=1S/C20H27N5O3/c1-15-6-2-4-8-20(15)18(27)25(19(28)22-20)14-17(26)24-12-10-23(11-13-24)16-7-3-5-9-21-16/h3,5,7,9,15H,2,4,6,8,10-14H2,1H3,(H,22,28). The van der Waals surface area contributed by atoms with Crippen LogP contribution in [0.5, 0.6) is 0 Å². The molecule has 4 rings (SSSR count). The summed E-state index contributed by atoms with van der Waals surface area (Å²) in [5.74, 6) is 0.589. The summed E-state index contributed by atoms with van der Waals surface area (Å²) in [4.78, 5) is 47.6. The summed E-state index contributed by atoms with van der Waals surface area (Å²) in [5, 5.41) is 2.91. The van der Waals surface area contributed by atoms with E-state index in [2.05, 4.69) is 15.2 Å². The first-order valence-corrected chi connectivity index (χ1v) is 10.1. The second-order valence-corrected chi connectivity index (χ2v) is 8.00. The van der Waals surface area contributed by atoms with E-state index in [-0.39, 0.29) is 24.3 Å². The molecule has 2 unspecified atom stereocenters. The van der Waals surface area contributed by atoms with Gasteiger partial charge in [0, 0.05) is 32.4 Å². The molecule has 1 spiro atoms. The third-order valence-electron chi connectivity index (χ3n) is 6.40. The molecule has 0 aromatic carbocycles. The van der Waals surface area contributed by atoms with Crippen molar-refractivity contribution in [3.05, 3.63) is 24.4 Å². The molecule has 3 heterocycles. The number of amides is 4. The van der Waals surface area contributed by atoms with Gasteiger partial charge < -0.3 is 15.1 Å². The highest BCUT2D eigenvalue weighted by molar-refractivity contribution is 6.09. The van der Waals surface area contributed by atoms with Crippen LogP contribution in [0.3, 0.4) is 0 Å². The highest BCUT2D eigenvalue weighted by atomic mass is 16.2. The summed E-state index contributed by atoms with van der Waals surface area (Å²) in [7, 11) is 0. The van der Waals surface area contributed by atoms with Crippen molar-refractivity contribution in [2.45, 2.75) is 38.1 Å². The fourth-order valence-electron chi connectivity index (χ4n) is 4.60. The van der Waals surface area contributed by atoms with Crippen LogP contribution in [0.25, 0.3) is 0 Å². The van der Waals surface area contributed by atoms with Crippen LogP contribution in [-0.2, 0) is 9.59 Å². The van der Waals surface area contributed by atoms with Gasteiger partial charge in [-0.1, -0.05) is 25.8 Å². The first-order valence-electron chi connectivity index (χ1n) is 10.1. The number of piperazine rings is 1. The monoisotopic (exact) mass is 385 g/mol. The van der Waals surface area contributed by atoms with Crippen LogP contribution in [0.1, 0.15) is 32.6 Å². The van der Waals surface area contributed by atoms with Crippen molar-refractivity contribution >= 4 is 23.7 Å². The van der Waals surface area contributed by atoms with Gasteiger partial charge in [0.25, 0.3) is 5.91 Å².